The van der Waals surface area contributed by atoms with Gasteiger partial charge in [-0.05, 0) is 13.8 Å². The van der Waals surface area contributed by atoms with Crippen LogP contribution in [0.25, 0.3) is 6.08 Å². The second kappa shape index (κ2) is 3.58. The van der Waals surface area contributed by atoms with Crippen LogP contribution in [0.3, 0.4) is 0 Å². The molecule has 0 saturated heterocycles. The summed E-state index contributed by atoms with van der Waals surface area (Å²) in [5, 5.41) is 19.0. The molecular formula is C10H13NO2. The van der Waals surface area contributed by atoms with E-state index in [9.17, 15) is 10.2 Å². The van der Waals surface area contributed by atoms with E-state index in [4.69, 9.17) is 0 Å². The van der Waals surface area contributed by atoms with E-state index in [1.54, 1.807) is 26.1 Å². The first-order chi connectivity index (χ1) is 6.07. The highest BCUT2D eigenvalue weighted by molar-refractivity contribution is 5.56. The van der Waals surface area contributed by atoms with Gasteiger partial charge in [0.1, 0.15) is 5.75 Å². The number of nitrogens with zero attached hydrogens (tertiary/aromatic N) is 1. The summed E-state index contributed by atoms with van der Waals surface area (Å²) in [5.41, 5.74) is 1.67. The third-order valence-electron chi connectivity index (χ3n) is 1.94. The van der Waals surface area contributed by atoms with Gasteiger partial charge in [0.15, 0.2) is 0 Å². The molecule has 3 nitrogen and oxygen atoms in total. The Morgan fingerprint density at radius 3 is 2.69 bits per heavy atom. The van der Waals surface area contributed by atoms with E-state index in [1.165, 1.54) is 0 Å². The molecule has 0 amide bonds. The number of aliphatic hydroxyl groups is 1. The van der Waals surface area contributed by atoms with Crippen molar-refractivity contribution in [2.24, 2.45) is 0 Å². The van der Waals surface area contributed by atoms with E-state index in [-0.39, 0.29) is 5.75 Å². The van der Waals surface area contributed by atoms with Gasteiger partial charge in [0.25, 0.3) is 0 Å². The highest BCUT2D eigenvalue weighted by Crippen LogP contribution is 2.29. The van der Waals surface area contributed by atoms with E-state index >= 15 is 0 Å². The van der Waals surface area contributed by atoms with Crippen molar-refractivity contribution in [1.29, 1.82) is 0 Å². The molecular weight excluding hydrogens is 166 g/mol. The third-order valence-corrected chi connectivity index (χ3v) is 1.94. The molecule has 0 bridgehead atoms. The first-order valence-corrected chi connectivity index (χ1v) is 4.07. The van der Waals surface area contributed by atoms with Crippen molar-refractivity contribution in [3.05, 3.63) is 29.6 Å². The van der Waals surface area contributed by atoms with Gasteiger partial charge in [0.2, 0.25) is 0 Å². The maximum atomic E-state index is 9.61. The maximum absolute atomic E-state index is 9.61. The fourth-order valence-electron chi connectivity index (χ4n) is 1.23. The number of aryl methyl sites for hydroxylation is 1. The lowest BCUT2D eigenvalue weighted by atomic mass is 10.0. The summed E-state index contributed by atoms with van der Waals surface area (Å²) in [7, 11) is 0. The lowest BCUT2D eigenvalue weighted by molar-refractivity contribution is 0.194. The Balaban J connectivity index is 3.41. The van der Waals surface area contributed by atoms with Crippen molar-refractivity contribution >= 4 is 6.08 Å². The van der Waals surface area contributed by atoms with Crippen molar-refractivity contribution in [2.75, 3.05) is 0 Å². The lowest BCUT2D eigenvalue weighted by Crippen LogP contribution is -1.98. The zero-order valence-electron chi connectivity index (χ0n) is 7.78. The Bertz CT molecular complexity index is 332. The first-order valence-electron chi connectivity index (χ1n) is 4.07. The van der Waals surface area contributed by atoms with E-state index in [0.717, 1.165) is 0 Å². The van der Waals surface area contributed by atoms with Crippen LogP contribution in [-0.4, -0.2) is 15.2 Å². The molecule has 0 saturated carbocycles. The Morgan fingerprint density at radius 2 is 2.23 bits per heavy atom. The molecule has 0 aliphatic carbocycles. The van der Waals surface area contributed by atoms with Crippen molar-refractivity contribution < 1.29 is 10.2 Å². The van der Waals surface area contributed by atoms with Gasteiger partial charge in [0.05, 0.1) is 11.8 Å². The van der Waals surface area contributed by atoms with Gasteiger partial charge in [-0.3, -0.25) is 4.98 Å². The van der Waals surface area contributed by atoms with Crippen LogP contribution in [0.2, 0.25) is 0 Å². The average Bonchev–Trinajstić information content (AvgIpc) is 2.08. The van der Waals surface area contributed by atoms with Crippen LogP contribution in [0, 0.1) is 6.92 Å². The number of rotatable bonds is 2. The first kappa shape index (κ1) is 9.74. The Kier molecular flexibility index (Phi) is 2.68. The molecule has 0 aliphatic rings. The molecule has 0 aromatic carbocycles. The quantitative estimate of drug-likeness (QED) is 0.727. The fourth-order valence-corrected chi connectivity index (χ4v) is 1.23. The second-order valence-electron chi connectivity index (χ2n) is 2.94. The summed E-state index contributed by atoms with van der Waals surface area (Å²) in [5.74, 6) is 0.0485. The predicted molar refractivity (Wildman–Crippen MR) is 51.4 cm³/mol. The van der Waals surface area contributed by atoms with Gasteiger partial charge in [-0.25, -0.2) is 0 Å². The molecule has 0 aliphatic heterocycles. The minimum Gasteiger partial charge on any atom is -0.506 e. The molecule has 1 aromatic heterocycles. The standard InChI is InChI=1S/C10H13NO2/c1-4-8-5-11-6(2)10(13)9(8)7(3)12/h4-5,7,12-13H,1H2,2-3H3. The van der Waals surface area contributed by atoms with Crippen LogP contribution < -0.4 is 0 Å². The van der Waals surface area contributed by atoms with Crippen LogP contribution >= 0.6 is 0 Å². The SMILES string of the molecule is C=Cc1cnc(C)c(O)c1C(C)O. The molecule has 70 valence electrons. The third kappa shape index (κ3) is 1.70. The normalized spacial score (nSPS) is 12.5. The number of aliphatic hydroxyl groups excluding tert-OH is 1. The minimum atomic E-state index is -0.713. The smallest absolute Gasteiger partial charge is 0.143 e. The molecule has 0 radical (unpaired) electrons. The summed E-state index contributed by atoms with van der Waals surface area (Å²) in [6.07, 6.45) is 2.44. The summed E-state index contributed by atoms with van der Waals surface area (Å²) >= 11 is 0. The largest absolute Gasteiger partial charge is 0.506 e. The van der Waals surface area contributed by atoms with Gasteiger partial charge >= 0.3 is 0 Å². The van der Waals surface area contributed by atoms with Crippen LogP contribution in [0.4, 0.5) is 0 Å². The molecule has 1 unspecified atom stereocenters. The molecule has 13 heavy (non-hydrogen) atoms. The van der Waals surface area contributed by atoms with E-state index in [1.807, 2.05) is 0 Å². The predicted octanol–water partition coefficient (Wildman–Crippen LogP) is 1.79. The molecule has 1 atom stereocenters. The number of hydrogen-bond donors (Lipinski definition) is 2. The highest BCUT2D eigenvalue weighted by atomic mass is 16.3. The zero-order valence-corrected chi connectivity index (χ0v) is 7.78. The topological polar surface area (TPSA) is 53.4 Å². The summed E-state index contributed by atoms with van der Waals surface area (Å²) in [6, 6.07) is 0. The molecule has 1 aromatic rings. The van der Waals surface area contributed by atoms with Crippen molar-refractivity contribution in [1.82, 2.24) is 4.98 Å². The summed E-state index contributed by atoms with van der Waals surface area (Å²) in [6.45, 7) is 6.87. The summed E-state index contributed by atoms with van der Waals surface area (Å²) in [4.78, 5) is 3.96. The Hall–Kier alpha value is -1.35. The number of aromatic hydroxyl groups is 1. The van der Waals surface area contributed by atoms with Crippen molar-refractivity contribution in [2.45, 2.75) is 20.0 Å². The Labute approximate surface area is 77.4 Å². The van der Waals surface area contributed by atoms with Gasteiger partial charge < -0.3 is 10.2 Å². The van der Waals surface area contributed by atoms with Crippen LogP contribution in [0.5, 0.6) is 5.75 Å². The monoisotopic (exact) mass is 179 g/mol. The van der Waals surface area contributed by atoms with Crippen LogP contribution in [-0.2, 0) is 0 Å². The van der Waals surface area contributed by atoms with Gasteiger partial charge in [-0.15, -0.1) is 0 Å². The number of pyridine rings is 1. The van der Waals surface area contributed by atoms with Gasteiger partial charge in [-0.2, -0.15) is 0 Å². The average molecular weight is 179 g/mol. The molecule has 3 heteroatoms. The van der Waals surface area contributed by atoms with E-state index in [0.29, 0.717) is 16.8 Å². The van der Waals surface area contributed by atoms with Gasteiger partial charge in [-0.1, -0.05) is 12.7 Å². The van der Waals surface area contributed by atoms with Crippen molar-refractivity contribution in [3.8, 4) is 5.75 Å². The minimum absolute atomic E-state index is 0.0485. The molecule has 0 fully saturated rings. The van der Waals surface area contributed by atoms with Crippen LogP contribution in [0.1, 0.15) is 29.8 Å². The number of hydrogen-bond acceptors (Lipinski definition) is 3. The number of aromatic nitrogens is 1. The maximum Gasteiger partial charge on any atom is 0.143 e. The zero-order chi connectivity index (χ0) is 10.0. The van der Waals surface area contributed by atoms with E-state index in [2.05, 4.69) is 11.6 Å². The summed E-state index contributed by atoms with van der Waals surface area (Å²) < 4.78 is 0. The van der Waals surface area contributed by atoms with Crippen molar-refractivity contribution in [3.63, 3.8) is 0 Å². The van der Waals surface area contributed by atoms with Gasteiger partial charge in [0, 0.05) is 17.3 Å². The molecule has 0 spiro atoms. The highest BCUT2D eigenvalue weighted by Gasteiger charge is 2.13. The molecule has 1 rings (SSSR count). The molecule has 1 heterocycles. The lowest BCUT2D eigenvalue weighted by Gasteiger charge is -2.12. The Morgan fingerprint density at radius 1 is 1.62 bits per heavy atom. The fraction of sp³-hybridized carbons (Fsp3) is 0.300. The van der Waals surface area contributed by atoms with E-state index < -0.39 is 6.10 Å². The molecule has 2 N–H and O–H groups in total. The van der Waals surface area contributed by atoms with Crippen LogP contribution in [0.15, 0.2) is 12.8 Å². The second-order valence-corrected chi connectivity index (χ2v) is 2.94.